The minimum atomic E-state index is -1.21. The molecule has 1 fully saturated rings. The number of rotatable bonds is 11. The second-order valence-corrected chi connectivity index (χ2v) is 18.3. The molecule has 5 rings (SSSR count). The number of carbonyl (C=O) groups is 1. The molecule has 8 nitrogen and oxygen atoms in total. The molecule has 10 heteroatoms. The summed E-state index contributed by atoms with van der Waals surface area (Å²) in [5.41, 5.74) is 2.99. The van der Waals surface area contributed by atoms with Crippen molar-refractivity contribution < 1.29 is 24.1 Å². The van der Waals surface area contributed by atoms with Gasteiger partial charge in [-0.3, -0.25) is 4.90 Å². The van der Waals surface area contributed by atoms with E-state index in [4.69, 9.17) is 30.9 Å². The molecule has 2 aliphatic heterocycles. The maximum absolute atomic E-state index is 11.1. The van der Waals surface area contributed by atoms with Gasteiger partial charge in [0.1, 0.15) is 19.2 Å². The molecule has 0 bridgehead atoms. The third-order valence-corrected chi connectivity index (χ3v) is 9.83. The highest BCUT2D eigenvalue weighted by atomic mass is 35.5. The van der Waals surface area contributed by atoms with Crippen LogP contribution in [-0.4, -0.2) is 59.9 Å². The summed E-state index contributed by atoms with van der Waals surface area (Å²) in [6.07, 6.45) is 6.30. The summed E-state index contributed by atoms with van der Waals surface area (Å²) in [7, 11) is -1.21. The quantitative estimate of drug-likeness (QED) is 0.145. The van der Waals surface area contributed by atoms with Gasteiger partial charge in [-0.25, -0.2) is 9.78 Å². The lowest BCUT2D eigenvalue weighted by Crippen LogP contribution is -2.34. The zero-order valence-electron chi connectivity index (χ0n) is 24.6. The van der Waals surface area contributed by atoms with Gasteiger partial charge in [0, 0.05) is 31.3 Å². The van der Waals surface area contributed by atoms with Gasteiger partial charge in [-0.1, -0.05) is 55.5 Å². The van der Waals surface area contributed by atoms with Crippen LogP contribution in [0.15, 0.2) is 54.7 Å². The molecule has 3 aromatic rings. The number of benzene rings is 2. The van der Waals surface area contributed by atoms with Crippen molar-refractivity contribution in [1.29, 1.82) is 0 Å². The van der Waals surface area contributed by atoms with Gasteiger partial charge in [0.15, 0.2) is 17.6 Å². The second kappa shape index (κ2) is 13.5. The molecule has 42 heavy (non-hydrogen) atoms. The first kappa shape index (κ1) is 30.3. The molecule has 0 radical (unpaired) electrons. The van der Waals surface area contributed by atoms with E-state index in [0.29, 0.717) is 37.4 Å². The summed E-state index contributed by atoms with van der Waals surface area (Å²) >= 11 is 6.06. The smallest absolute Gasteiger partial charge is 0.328 e. The molecule has 224 valence electrons. The first-order valence-corrected chi connectivity index (χ1v) is 18.7. The van der Waals surface area contributed by atoms with E-state index in [1.807, 2.05) is 34.9 Å². The van der Waals surface area contributed by atoms with Crippen LogP contribution in [0, 0.1) is 0 Å². The van der Waals surface area contributed by atoms with Gasteiger partial charge in [-0.2, -0.15) is 0 Å². The van der Waals surface area contributed by atoms with Gasteiger partial charge in [0.05, 0.1) is 18.4 Å². The Hall–Kier alpha value is -3.11. The van der Waals surface area contributed by atoms with Crippen LogP contribution in [0.4, 0.5) is 0 Å². The number of imidazole rings is 1. The first-order chi connectivity index (χ1) is 20.2. The molecule has 0 saturated carbocycles. The van der Waals surface area contributed by atoms with E-state index < -0.39 is 14.0 Å². The number of carboxylic acid groups (broad SMARTS) is 1. The van der Waals surface area contributed by atoms with Crippen molar-refractivity contribution in [3.63, 3.8) is 0 Å². The number of para-hydroxylation sites is 1. The first-order valence-electron chi connectivity index (χ1n) is 14.6. The molecule has 0 amide bonds. The Morgan fingerprint density at radius 1 is 1.17 bits per heavy atom. The number of aromatic nitrogens is 2. The second-order valence-electron chi connectivity index (χ2n) is 12.2. The van der Waals surface area contributed by atoms with E-state index in [0.717, 1.165) is 66.6 Å². The number of aliphatic carboxylic acids is 1. The molecule has 0 aliphatic carbocycles. The van der Waals surface area contributed by atoms with Crippen LogP contribution in [0.2, 0.25) is 30.7 Å². The lowest BCUT2D eigenvalue weighted by molar-refractivity contribution is -0.131. The highest BCUT2D eigenvalue weighted by Gasteiger charge is 2.30. The van der Waals surface area contributed by atoms with Gasteiger partial charge >= 0.3 is 5.97 Å². The maximum atomic E-state index is 11.1. The van der Waals surface area contributed by atoms with Crippen LogP contribution in [0.5, 0.6) is 11.5 Å². The number of piperidine rings is 1. The minimum Gasteiger partial charge on any atom is -0.485 e. The van der Waals surface area contributed by atoms with E-state index in [1.165, 1.54) is 5.56 Å². The Kier molecular flexibility index (Phi) is 9.73. The standard InChI is InChI=1S/C32H40ClN3O5Si/c1-42(2,3)18-17-39-22-36-26(11-12-31(37)38)19-34-30(36)20-35-15-13-23(14-16-35)27-5-4-6-28-32(27)40-21-29(41-28)24-7-9-25(33)10-8-24/h4-12,19,23,29H,13-18,20-22H2,1-3H3,(H,37,38)/t29-/m0/s1. The number of carboxylic acids is 1. The van der Waals surface area contributed by atoms with Gasteiger partial charge in [-0.15, -0.1) is 0 Å². The van der Waals surface area contributed by atoms with E-state index in [1.54, 1.807) is 12.3 Å². The fraction of sp³-hybridized carbons (Fsp3) is 0.438. The lowest BCUT2D eigenvalue weighted by atomic mass is 9.88. The van der Waals surface area contributed by atoms with Crippen LogP contribution in [-0.2, 0) is 22.8 Å². The van der Waals surface area contributed by atoms with E-state index in [2.05, 4.69) is 41.7 Å². The Balaban J connectivity index is 1.21. The molecule has 1 N–H and O–H groups in total. The van der Waals surface area contributed by atoms with Crippen LogP contribution < -0.4 is 9.47 Å². The number of ether oxygens (including phenoxy) is 3. The summed E-state index contributed by atoms with van der Waals surface area (Å²) in [6.45, 7) is 11.0. The Morgan fingerprint density at radius 3 is 2.64 bits per heavy atom. The molecule has 3 heterocycles. The normalized spacial score (nSPS) is 18.0. The monoisotopic (exact) mass is 609 g/mol. The van der Waals surface area contributed by atoms with Gasteiger partial charge in [-0.05, 0) is 67.7 Å². The molecule has 2 aromatic carbocycles. The number of likely N-dealkylation sites (tertiary alicyclic amines) is 1. The summed E-state index contributed by atoms with van der Waals surface area (Å²) in [5, 5.41) is 9.84. The molecule has 1 aromatic heterocycles. The highest BCUT2D eigenvalue weighted by molar-refractivity contribution is 6.76. The summed E-state index contributed by atoms with van der Waals surface area (Å²) in [6, 6.07) is 15.0. The molecule has 0 unspecified atom stereocenters. The van der Waals surface area contributed by atoms with Gasteiger partial charge in [0.25, 0.3) is 0 Å². The number of fused-ring (bicyclic) bond motifs is 1. The summed E-state index contributed by atoms with van der Waals surface area (Å²) in [4.78, 5) is 18.2. The minimum absolute atomic E-state index is 0.162. The Bertz CT molecular complexity index is 1390. The van der Waals surface area contributed by atoms with Crippen LogP contribution in [0.3, 0.4) is 0 Å². The average molecular weight is 610 g/mol. The molecular formula is C32H40ClN3O5Si. The topological polar surface area (TPSA) is 86.0 Å². The van der Waals surface area contributed by atoms with Crippen molar-refractivity contribution in [3.05, 3.63) is 82.4 Å². The van der Waals surface area contributed by atoms with Crippen molar-refractivity contribution in [1.82, 2.24) is 14.5 Å². The summed E-state index contributed by atoms with van der Waals surface area (Å²) < 4.78 is 20.7. The Labute approximate surface area is 253 Å². The lowest BCUT2D eigenvalue weighted by Gasteiger charge is -2.34. The van der Waals surface area contributed by atoms with Crippen molar-refractivity contribution in [2.45, 2.75) is 63.8 Å². The number of nitrogens with zero attached hydrogens (tertiary/aromatic N) is 3. The average Bonchev–Trinajstić information content (AvgIpc) is 3.34. The zero-order valence-corrected chi connectivity index (χ0v) is 26.3. The SMILES string of the molecule is C[Si](C)(C)CCOCn1c(C=CC(=O)O)cnc1CN1CCC(c2cccc3c2OC[C@@H](c2ccc(Cl)cc2)O3)CC1. The predicted molar refractivity (Wildman–Crippen MR) is 167 cm³/mol. The summed E-state index contributed by atoms with van der Waals surface area (Å²) in [5.74, 6) is 1.93. The highest BCUT2D eigenvalue weighted by Crippen LogP contribution is 2.44. The number of halogens is 1. The largest absolute Gasteiger partial charge is 0.485 e. The number of hydrogen-bond donors (Lipinski definition) is 1. The number of hydrogen-bond acceptors (Lipinski definition) is 6. The van der Waals surface area contributed by atoms with Gasteiger partial charge in [0.2, 0.25) is 0 Å². The molecule has 2 aliphatic rings. The van der Waals surface area contributed by atoms with E-state index >= 15 is 0 Å². The predicted octanol–water partition coefficient (Wildman–Crippen LogP) is 6.84. The van der Waals surface area contributed by atoms with Gasteiger partial charge < -0.3 is 23.9 Å². The van der Waals surface area contributed by atoms with Crippen LogP contribution >= 0.6 is 11.6 Å². The fourth-order valence-corrected chi connectivity index (χ4v) is 6.30. The molecule has 0 spiro atoms. The third-order valence-electron chi connectivity index (χ3n) is 7.87. The Morgan fingerprint density at radius 2 is 1.93 bits per heavy atom. The molecule has 1 saturated heterocycles. The van der Waals surface area contributed by atoms with Crippen molar-refractivity contribution in [3.8, 4) is 11.5 Å². The maximum Gasteiger partial charge on any atom is 0.328 e. The molecule has 1 atom stereocenters. The third kappa shape index (κ3) is 7.83. The zero-order chi connectivity index (χ0) is 29.7. The van der Waals surface area contributed by atoms with Crippen molar-refractivity contribution >= 4 is 31.7 Å². The van der Waals surface area contributed by atoms with Crippen LogP contribution in [0.1, 0.15) is 47.5 Å². The molecular weight excluding hydrogens is 570 g/mol. The van der Waals surface area contributed by atoms with E-state index in [9.17, 15) is 4.79 Å². The van der Waals surface area contributed by atoms with Crippen molar-refractivity contribution in [2.75, 3.05) is 26.3 Å². The van der Waals surface area contributed by atoms with E-state index in [-0.39, 0.29) is 6.10 Å². The van der Waals surface area contributed by atoms with Crippen molar-refractivity contribution in [2.24, 2.45) is 0 Å². The fourth-order valence-electron chi connectivity index (χ4n) is 5.42. The van der Waals surface area contributed by atoms with Crippen LogP contribution in [0.25, 0.3) is 6.08 Å².